The summed E-state index contributed by atoms with van der Waals surface area (Å²) in [7, 11) is 6.39. The summed E-state index contributed by atoms with van der Waals surface area (Å²) < 4.78 is 33.8. The average Bonchev–Trinajstić information content (AvgIpc) is 3.28. The van der Waals surface area contributed by atoms with Crippen LogP contribution in [0.5, 0.6) is 23.0 Å². The van der Waals surface area contributed by atoms with Crippen molar-refractivity contribution in [1.82, 2.24) is 0 Å². The number of hydrogen-bond acceptors (Lipinski definition) is 7. The number of methoxy groups -OCH3 is 4. The SMILES string of the molecule is C/C=C(/C)C(=O)OC[C@@H]1C(c2cc(OC)c(OC)c(OC)c2)OC[C@@H]1Cc1ccc(OC)cc1. The number of ether oxygens (including phenoxy) is 6. The molecule has 3 rings (SSSR count). The van der Waals surface area contributed by atoms with Crippen LogP contribution in [-0.4, -0.2) is 47.6 Å². The minimum absolute atomic E-state index is 0.0569. The van der Waals surface area contributed by atoms with Crippen LogP contribution in [0.25, 0.3) is 0 Å². The van der Waals surface area contributed by atoms with Crippen molar-refractivity contribution in [2.75, 3.05) is 41.7 Å². The predicted molar refractivity (Wildman–Crippen MR) is 129 cm³/mol. The van der Waals surface area contributed by atoms with E-state index < -0.39 is 0 Å². The van der Waals surface area contributed by atoms with Gasteiger partial charge in [-0.25, -0.2) is 4.79 Å². The molecule has 0 amide bonds. The smallest absolute Gasteiger partial charge is 0.333 e. The van der Waals surface area contributed by atoms with Crippen molar-refractivity contribution >= 4 is 5.97 Å². The first-order chi connectivity index (χ1) is 16.4. The molecule has 7 nitrogen and oxygen atoms in total. The lowest BCUT2D eigenvalue weighted by atomic mass is 9.84. The van der Waals surface area contributed by atoms with Crippen molar-refractivity contribution in [3.8, 4) is 23.0 Å². The fourth-order valence-corrected chi connectivity index (χ4v) is 4.23. The van der Waals surface area contributed by atoms with E-state index in [1.165, 1.54) is 5.56 Å². The maximum Gasteiger partial charge on any atom is 0.333 e. The largest absolute Gasteiger partial charge is 0.497 e. The third-order valence-electron chi connectivity index (χ3n) is 6.32. The van der Waals surface area contributed by atoms with Gasteiger partial charge in [0.15, 0.2) is 11.5 Å². The summed E-state index contributed by atoms with van der Waals surface area (Å²) in [5, 5.41) is 0. The van der Waals surface area contributed by atoms with Crippen molar-refractivity contribution < 1.29 is 33.2 Å². The number of rotatable bonds is 10. The summed E-state index contributed by atoms with van der Waals surface area (Å²) in [5.41, 5.74) is 2.63. The molecule has 0 bridgehead atoms. The second-order valence-electron chi connectivity index (χ2n) is 8.26. The normalized spacial score (nSPS) is 20.1. The molecule has 1 heterocycles. The Morgan fingerprint density at radius 3 is 2.18 bits per heavy atom. The van der Waals surface area contributed by atoms with Crippen LogP contribution in [0.1, 0.15) is 31.1 Å². The average molecular weight is 471 g/mol. The molecule has 0 radical (unpaired) electrons. The molecule has 1 unspecified atom stereocenters. The van der Waals surface area contributed by atoms with Gasteiger partial charge in [0.25, 0.3) is 0 Å². The summed E-state index contributed by atoms with van der Waals surface area (Å²) in [4.78, 5) is 12.4. The molecule has 34 heavy (non-hydrogen) atoms. The Labute approximate surface area is 201 Å². The second kappa shape index (κ2) is 11.8. The number of hydrogen-bond donors (Lipinski definition) is 0. The zero-order chi connectivity index (χ0) is 24.7. The van der Waals surface area contributed by atoms with E-state index in [2.05, 4.69) is 12.1 Å². The van der Waals surface area contributed by atoms with Gasteiger partial charge in [-0.2, -0.15) is 0 Å². The maximum absolute atomic E-state index is 12.4. The van der Waals surface area contributed by atoms with Crippen LogP contribution in [0.3, 0.4) is 0 Å². The minimum atomic E-state index is -0.318. The highest BCUT2D eigenvalue weighted by Crippen LogP contribution is 2.46. The van der Waals surface area contributed by atoms with Crippen LogP contribution >= 0.6 is 0 Å². The molecule has 0 N–H and O–H groups in total. The summed E-state index contributed by atoms with van der Waals surface area (Å²) in [5.74, 6) is 2.22. The van der Waals surface area contributed by atoms with E-state index in [1.807, 2.05) is 31.2 Å². The molecule has 0 aliphatic carbocycles. The van der Waals surface area contributed by atoms with Gasteiger partial charge < -0.3 is 28.4 Å². The molecular formula is C27H34O7. The summed E-state index contributed by atoms with van der Waals surface area (Å²) >= 11 is 0. The molecule has 1 fully saturated rings. The number of benzene rings is 2. The van der Waals surface area contributed by atoms with E-state index in [4.69, 9.17) is 28.4 Å². The Balaban J connectivity index is 1.90. The Morgan fingerprint density at radius 1 is 1.00 bits per heavy atom. The van der Waals surface area contributed by atoms with Gasteiger partial charge in [0.2, 0.25) is 5.75 Å². The molecule has 184 valence electrons. The third kappa shape index (κ3) is 5.65. The minimum Gasteiger partial charge on any atom is -0.497 e. The Morgan fingerprint density at radius 2 is 1.65 bits per heavy atom. The van der Waals surface area contributed by atoms with E-state index in [9.17, 15) is 4.79 Å². The summed E-state index contributed by atoms with van der Waals surface area (Å²) in [6, 6.07) is 11.8. The van der Waals surface area contributed by atoms with Gasteiger partial charge in [0, 0.05) is 11.5 Å². The highest BCUT2D eigenvalue weighted by molar-refractivity contribution is 5.87. The van der Waals surface area contributed by atoms with E-state index in [0.29, 0.717) is 29.4 Å². The fraction of sp³-hybridized carbons (Fsp3) is 0.444. The number of carbonyl (C=O) groups is 1. The van der Waals surface area contributed by atoms with Gasteiger partial charge in [-0.3, -0.25) is 0 Å². The summed E-state index contributed by atoms with van der Waals surface area (Å²) in [6.45, 7) is 4.35. The van der Waals surface area contributed by atoms with Gasteiger partial charge in [-0.1, -0.05) is 18.2 Å². The van der Waals surface area contributed by atoms with Crippen LogP contribution in [0.4, 0.5) is 0 Å². The fourth-order valence-electron chi connectivity index (χ4n) is 4.23. The number of esters is 1. The summed E-state index contributed by atoms with van der Waals surface area (Å²) in [6.07, 6.45) is 2.24. The zero-order valence-corrected chi connectivity index (χ0v) is 20.8. The number of allylic oxidation sites excluding steroid dienone is 1. The molecule has 2 aromatic rings. The van der Waals surface area contributed by atoms with Gasteiger partial charge in [-0.05, 0) is 61.6 Å². The van der Waals surface area contributed by atoms with Gasteiger partial charge in [0.05, 0.1) is 47.8 Å². The van der Waals surface area contributed by atoms with E-state index in [-0.39, 0.29) is 30.5 Å². The molecule has 1 aliphatic heterocycles. The van der Waals surface area contributed by atoms with Crippen molar-refractivity contribution in [3.63, 3.8) is 0 Å². The molecule has 2 aromatic carbocycles. The van der Waals surface area contributed by atoms with E-state index in [0.717, 1.165) is 17.7 Å². The van der Waals surface area contributed by atoms with Crippen molar-refractivity contribution in [2.45, 2.75) is 26.4 Å². The molecule has 1 saturated heterocycles. The molecular weight excluding hydrogens is 436 g/mol. The first-order valence-corrected chi connectivity index (χ1v) is 11.3. The molecule has 0 aromatic heterocycles. The maximum atomic E-state index is 12.4. The highest BCUT2D eigenvalue weighted by Gasteiger charge is 2.40. The Bertz CT molecular complexity index is 972. The van der Waals surface area contributed by atoms with E-state index in [1.54, 1.807) is 41.4 Å². The zero-order valence-electron chi connectivity index (χ0n) is 20.8. The molecule has 0 spiro atoms. The van der Waals surface area contributed by atoms with Crippen molar-refractivity contribution in [3.05, 3.63) is 59.2 Å². The first kappa shape index (κ1) is 25.4. The van der Waals surface area contributed by atoms with Crippen LogP contribution < -0.4 is 18.9 Å². The topological polar surface area (TPSA) is 72.5 Å². The Kier molecular flexibility index (Phi) is 8.82. The van der Waals surface area contributed by atoms with Gasteiger partial charge >= 0.3 is 5.97 Å². The third-order valence-corrected chi connectivity index (χ3v) is 6.32. The highest BCUT2D eigenvalue weighted by atomic mass is 16.5. The quantitative estimate of drug-likeness (QED) is 0.366. The first-order valence-electron chi connectivity index (χ1n) is 11.3. The lowest BCUT2D eigenvalue weighted by Crippen LogP contribution is -2.24. The van der Waals surface area contributed by atoms with Gasteiger partial charge in [0.1, 0.15) is 5.75 Å². The van der Waals surface area contributed by atoms with Crippen LogP contribution in [0, 0.1) is 11.8 Å². The van der Waals surface area contributed by atoms with Crippen molar-refractivity contribution in [1.29, 1.82) is 0 Å². The molecule has 7 heteroatoms. The van der Waals surface area contributed by atoms with Crippen LogP contribution in [0.2, 0.25) is 0 Å². The lowest BCUT2D eigenvalue weighted by molar-refractivity contribution is -0.141. The molecule has 1 aliphatic rings. The standard InChI is InChI=1S/C27H34O7/c1-7-17(2)27(28)34-16-22-20(12-18-8-10-21(29-3)11-9-18)15-33-25(22)19-13-23(30-4)26(32-6)24(14-19)31-5/h7-11,13-14,20,22,25H,12,15-16H2,1-6H3/b17-7-/t20-,22-,25?/m0/s1. The van der Waals surface area contributed by atoms with Crippen LogP contribution in [0.15, 0.2) is 48.0 Å². The van der Waals surface area contributed by atoms with Gasteiger partial charge in [-0.15, -0.1) is 0 Å². The molecule has 0 saturated carbocycles. The number of carbonyl (C=O) groups excluding carboxylic acids is 1. The van der Waals surface area contributed by atoms with Crippen LogP contribution in [-0.2, 0) is 20.7 Å². The predicted octanol–water partition coefficient (Wildman–Crippen LogP) is 4.78. The second-order valence-corrected chi connectivity index (χ2v) is 8.26. The van der Waals surface area contributed by atoms with E-state index >= 15 is 0 Å². The lowest BCUT2D eigenvalue weighted by Gasteiger charge is -2.24. The molecule has 3 atom stereocenters. The monoisotopic (exact) mass is 470 g/mol. The van der Waals surface area contributed by atoms with Crippen molar-refractivity contribution in [2.24, 2.45) is 11.8 Å². The Hall–Kier alpha value is -3.19.